The van der Waals surface area contributed by atoms with Gasteiger partial charge in [-0.25, -0.2) is 0 Å². The van der Waals surface area contributed by atoms with Crippen molar-refractivity contribution < 1.29 is 9.59 Å². The highest BCUT2D eigenvalue weighted by molar-refractivity contribution is 6.30. The molecule has 2 rings (SSSR count). The summed E-state index contributed by atoms with van der Waals surface area (Å²) >= 11 is 5.98. The molecule has 2 aromatic carbocycles. The normalized spacial score (nSPS) is 11.8. The maximum atomic E-state index is 13.2. The Morgan fingerprint density at radius 3 is 2.31 bits per heavy atom. The van der Waals surface area contributed by atoms with Crippen LogP contribution in [0.1, 0.15) is 48.9 Å². The molecule has 0 spiro atoms. The average Bonchev–Trinajstić information content (AvgIpc) is 2.69. The Kier molecular flexibility index (Phi) is 8.71. The fourth-order valence-electron chi connectivity index (χ4n) is 3.09. The summed E-state index contributed by atoms with van der Waals surface area (Å²) in [6, 6.07) is 12.9. The van der Waals surface area contributed by atoms with Crippen molar-refractivity contribution in [3.63, 3.8) is 0 Å². The lowest BCUT2D eigenvalue weighted by Crippen LogP contribution is -2.48. The zero-order valence-electron chi connectivity index (χ0n) is 17.8. The predicted octanol–water partition coefficient (Wildman–Crippen LogP) is 4.83. The number of nitrogens with one attached hydrogen (secondary N) is 1. The Morgan fingerprint density at radius 1 is 1.03 bits per heavy atom. The first-order valence-corrected chi connectivity index (χ1v) is 10.6. The van der Waals surface area contributed by atoms with Gasteiger partial charge in [0, 0.05) is 18.1 Å². The highest BCUT2D eigenvalue weighted by Gasteiger charge is 2.26. The molecule has 2 aromatic rings. The minimum absolute atomic E-state index is 0.0682. The maximum Gasteiger partial charge on any atom is 0.242 e. The van der Waals surface area contributed by atoms with E-state index < -0.39 is 6.04 Å². The van der Waals surface area contributed by atoms with Crippen LogP contribution >= 0.6 is 11.6 Å². The highest BCUT2D eigenvalue weighted by Crippen LogP contribution is 2.16. The Labute approximate surface area is 179 Å². The van der Waals surface area contributed by atoms with Crippen LogP contribution in [0.2, 0.25) is 5.02 Å². The molecule has 0 unspecified atom stereocenters. The van der Waals surface area contributed by atoms with Crippen molar-refractivity contribution in [1.29, 1.82) is 0 Å². The van der Waals surface area contributed by atoms with Crippen molar-refractivity contribution >= 4 is 23.4 Å². The second-order valence-electron chi connectivity index (χ2n) is 7.56. The lowest BCUT2D eigenvalue weighted by molar-refractivity contribution is -0.140. The van der Waals surface area contributed by atoms with E-state index in [-0.39, 0.29) is 18.2 Å². The number of carbonyl (C=O) groups is 2. The number of unbranched alkanes of at least 4 members (excludes halogenated alkanes) is 1. The predicted molar refractivity (Wildman–Crippen MR) is 119 cm³/mol. The molecule has 2 amide bonds. The summed E-state index contributed by atoms with van der Waals surface area (Å²) in [5, 5.41) is 3.59. The van der Waals surface area contributed by atoms with Crippen molar-refractivity contribution in [2.75, 3.05) is 6.54 Å². The van der Waals surface area contributed by atoms with Gasteiger partial charge in [0.2, 0.25) is 11.8 Å². The lowest BCUT2D eigenvalue weighted by Gasteiger charge is -2.29. The van der Waals surface area contributed by atoms with E-state index in [4.69, 9.17) is 11.6 Å². The second-order valence-corrected chi connectivity index (χ2v) is 8.00. The van der Waals surface area contributed by atoms with E-state index in [9.17, 15) is 9.59 Å². The van der Waals surface area contributed by atoms with Gasteiger partial charge in [-0.3, -0.25) is 9.59 Å². The lowest BCUT2D eigenvalue weighted by atomic mass is 10.0. The monoisotopic (exact) mass is 414 g/mol. The molecule has 29 heavy (non-hydrogen) atoms. The smallest absolute Gasteiger partial charge is 0.242 e. The van der Waals surface area contributed by atoms with E-state index in [1.807, 2.05) is 37.3 Å². The molecule has 0 aromatic heterocycles. The molecule has 0 heterocycles. The molecule has 1 N–H and O–H groups in total. The van der Waals surface area contributed by atoms with Crippen LogP contribution in [0.25, 0.3) is 0 Å². The van der Waals surface area contributed by atoms with E-state index in [1.165, 1.54) is 5.56 Å². The number of amides is 2. The molecule has 0 bridgehead atoms. The quantitative estimate of drug-likeness (QED) is 0.597. The molecule has 1 atom stereocenters. The molecule has 0 saturated heterocycles. The second kappa shape index (κ2) is 11.0. The van der Waals surface area contributed by atoms with Gasteiger partial charge >= 0.3 is 0 Å². The van der Waals surface area contributed by atoms with Gasteiger partial charge in [-0.1, -0.05) is 55.3 Å². The topological polar surface area (TPSA) is 49.4 Å². The van der Waals surface area contributed by atoms with Gasteiger partial charge in [-0.15, -0.1) is 0 Å². The number of nitrogens with zero attached hydrogens (tertiary/aromatic N) is 1. The van der Waals surface area contributed by atoms with Crippen LogP contribution in [0.3, 0.4) is 0 Å². The number of aryl methyl sites for hydroxylation is 2. The molecule has 0 aliphatic heterocycles. The Balaban J connectivity index is 2.19. The van der Waals surface area contributed by atoms with Crippen molar-refractivity contribution in [2.24, 2.45) is 0 Å². The standard InChI is InChI=1S/C24H31ClN2O2/c1-5-6-13-26-24(29)19(4)27(16-20-9-11-22(25)12-10-20)23(28)15-21-8-7-17(2)18(3)14-21/h7-12,14,19H,5-6,13,15-16H2,1-4H3,(H,26,29)/t19-/m0/s1. The third kappa shape index (κ3) is 6.90. The fraction of sp³-hybridized carbons (Fsp3) is 0.417. The third-order valence-corrected chi connectivity index (χ3v) is 5.44. The molecular weight excluding hydrogens is 384 g/mol. The van der Waals surface area contributed by atoms with Gasteiger partial charge in [0.1, 0.15) is 6.04 Å². The summed E-state index contributed by atoms with van der Waals surface area (Å²) in [4.78, 5) is 27.5. The van der Waals surface area contributed by atoms with Crippen molar-refractivity contribution in [3.05, 3.63) is 69.7 Å². The fourth-order valence-corrected chi connectivity index (χ4v) is 3.22. The van der Waals surface area contributed by atoms with Crippen LogP contribution in [-0.2, 0) is 22.6 Å². The van der Waals surface area contributed by atoms with Crippen LogP contribution in [0.4, 0.5) is 0 Å². The number of carbonyl (C=O) groups excluding carboxylic acids is 2. The summed E-state index contributed by atoms with van der Waals surface area (Å²) in [6.45, 7) is 8.95. The van der Waals surface area contributed by atoms with Crippen LogP contribution in [0.5, 0.6) is 0 Å². The van der Waals surface area contributed by atoms with E-state index in [2.05, 4.69) is 19.2 Å². The zero-order valence-corrected chi connectivity index (χ0v) is 18.6. The molecule has 0 aliphatic carbocycles. The van der Waals surface area contributed by atoms with Crippen LogP contribution in [0.15, 0.2) is 42.5 Å². The molecule has 0 fully saturated rings. The first-order chi connectivity index (χ1) is 13.8. The van der Waals surface area contributed by atoms with E-state index in [0.29, 0.717) is 18.1 Å². The highest BCUT2D eigenvalue weighted by atomic mass is 35.5. The van der Waals surface area contributed by atoms with Crippen molar-refractivity contribution in [1.82, 2.24) is 10.2 Å². The summed E-state index contributed by atoms with van der Waals surface area (Å²) in [7, 11) is 0. The van der Waals surface area contributed by atoms with Crippen molar-refractivity contribution in [2.45, 2.75) is 59.5 Å². The number of hydrogen-bond acceptors (Lipinski definition) is 2. The maximum absolute atomic E-state index is 13.2. The Hall–Kier alpha value is -2.33. The first-order valence-electron chi connectivity index (χ1n) is 10.2. The van der Waals surface area contributed by atoms with E-state index in [1.54, 1.807) is 24.0 Å². The number of benzene rings is 2. The molecular formula is C24H31ClN2O2. The van der Waals surface area contributed by atoms with Gasteiger partial charge in [0.25, 0.3) is 0 Å². The molecule has 0 saturated carbocycles. The SMILES string of the molecule is CCCCNC(=O)[C@H](C)N(Cc1ccc(Cl)cc1)C(=O)Cc1ccc(C)c(C)c1. The minimum Gasteiger partial charge on any atom is -0.354 e. The summed E-state index contributed by atoms with van der Waals surface area (Å²) < 4.78 is 0. The van der Waals surface area contributed by atoms with Gasteiger partial charge in [-0.05, 0) is 61.6 Å². The van der Waals surface area contributed by atoms with Crippen LogP contribution in [0, 0.1) is 13.8 Å². The summed E-state index contributed by atoms with van der Waals surface area (Å²) in [6.07, 6.45) is 2.20. The van der Waals surface area contributed by atoms with Crippen LogP contribution in [-0.4, -0.2) is 29.3 Å². The van der Waals surface area contributed by atoms with Gasteiger partial charge < -0.3 is 10.2 Å². The Bertz CT molecular complexity index is 833. The first kappa shape index (κ1) is 23.0. The molecule has 4 nitrogen and oxygen atoms in total. The number of hydrogen-bond donors (Lipinski definition) is 1. The Morgan fingerprint density at radius 2 is 1.69 bits per heavy atom. The van der Waals surface area contributed by atoms with Crippen molar-refractivity contribution in [3.8, 4) is 0 Å². The third-order valence-electron chi connectivity index (χ3n) is 5.19. The zero-order chi connectivity index (χ0) is 21.4. The average molecular weight is 415 g/mol. The summed E-state index contributed by atoms with van der Waals surface area (Å²) in [5.41, 5.74) is 4.25. The summed E-state index contributed by atoms with van der Waals surface area (Å²) in [5.74, 6) is -0.192. The van der Waals surface area contributed by atoms with E-state index in [0.717, 1.165) is 29.5 Å². The minimum atomic E-state index is -0.554. The number of rotatable bonds is 9. The van der Waals surface area contributed by atoms with Gasteiger partial charge in [0.05, 0.1) is 6.42 Å². The van der Waals surface area contributed by atoms with Gasteiger partial charge in [0.15, 0.2) is 0 Å². The largest absolute Gasteiger partial charge is 0.354 e. The van der Waals surface area contributed by atoms with Crippen LogP contribution < -0.4 is 5.32 Å². The molecule has 5 heteroatoms. The molecule has 0 radical (unpaired) electrons. The number of halogens is 1. The molecule has 156 valence electrons. The van der Waals surface area contributed by atoms with Gasteiger partial charge in [-0.2, -0.15) is 0 Å². The molecule has 0 aliphatic rings. The van der Waals surface area contributed by atoms with E-state index >= 15 is 0 Å².